The van der Waals surface area contributed by atoms with Gasteiger partial charge in [0.25, 0.3) is 0 Å². The first-order chi connectivity index (χ1) is 22.4. The van der Waals surface area contributed by atoms with E-state index in [0.29, 0.717) is 0 Å². The fraction of sp³-hybridized carbons (Fsp3) is 0.146. The highest BCUT2D eigenvalue weighted by molar-refractivity contribution is 6.23. The summed E-state index contributed by atoms with van der Waals surface area (Å²) in [4.78, 5) is 5.22. The highest BCUT2D eigenvalue weighted by Crippen LogP contribution is 2.44. The number of aromatic nitrogens is 2. The topological polar surface area (TPSA) is 44.1 Å². The van der Waals surface area contributed by atoms with Crippen LogP contribution in [0.4, 0.5) is 4.39 Å². The molecule has 0 aliphatic heterocycles. The number of furan rings is 2. The molecule has 9 rings (SSSR count). The molecule has 0 radical (unpaired) electrons. The molecule has 0 N–H and O–H groups in total. The second kappa shape index (κ2) is 9.79. The van der Waals surface area contributed by atoms with Crippen LogP contribution in [0, 0.1) is 5.82 Å². The van der Waals surface area contributed by atoms with E-state index in [9.17, 15) is 0 Å². The van der Waals surface area contributed by atoms with E-state index >= 15 is 4.39 Å². The zero-order valence-corrected chi connectivity index (χ0v) is 26.1. The van der Waals surface area contributed by atoms with Crippen LogP contribution in [0.1, 0.15) is 50.7 Å². The Morgan fingerprint density at radius 2 is 1.15 bits per heavy atom. The number of hydrogen-bond acceptors (Lipinski definition) is 3. The van der Waals surface area contributed by atoms with E-state index in [0.717, 1.165) is 93.9 Å². The highest BCUT2D eigenvalue weighted by atomic mass is 19.1. The maximum atomic E-state index is 15.1. The number of halogens is 1. The normalized spacial score (nSPS) is 12.4. The van der Waals surface area contributed by atoms with Crippen molar-refractivity contribution in [2.24, 2.45) is 0 Å². The molecular formula is C41H31FN2O2. The molecular weight excluding hydrogens is 571 g/mol. The Hall–Kier alpha value is -5.42. The highest BCUT2D eigenvalue weighted by Gasteiger charge is 2.25. The van der Waals surface area contributed by atoms with Crippen LogP contribution < -0.4 is 0 Å². The third kappa shape index (κ3) is 3.75. The van der Waals surface area contributed by atoms with Crippen LogP contribution in [0.25, 0.3) is 82.8 Å². The summed E-state index contributed by atoms with van der Waals surface area (Å²) < 4.78 is 30.5. The predicted molar refractivity (Wildman–Crippen MR) is 187 cm³/mol. The van der Waals surface area contributed by atoms with E-state index in [1.165, 1.54) is 0 Å². The summed E-state index contributed by atoms with van der Waals surface area (Å²) in [7, 11) is 0. The molecule has 0 spiro atoms. The second-order valence-electron chi connectivity index (χ2n) is 12.9. The molecule has 0 aliphatic rings. The smallest absolute Gasteiger partial charge is 0.149 e. The van der Waals surface area contributed by atoms with E-state index in [4.69, 9.17) is 13.8 Å². The monoisotopic (exact) mass is 602 g/mol. The lowest BCUT2D eigenvalue weighted by Gasteiger charge is -2.23. The van der Waals surface area contributed by atoms with Gasteiger partial charge in [-0.2, -0.15) is 0 Å². The fourth-order valence-corrected chi connectivity index (χ4v) is 7.23. The van der Waals surface area contributed by atoms with Gasteiger partial charge in [0.2, 0.25) is 0 Å². The Morgan fingerprint density at radius 3 is 1.85 bits per heavy atom. The van der Waals surface area contributed by atoms with Crippen molar-refractivity contribution in [1.29, 1.82) is 0 Å². The van der Waals surface area contributed by atoms with Gasteiger partial charge in [0.1, 0.15) is 34.0 Å². The standard InChI is InChI=1S/C41H31FN2O2/c1-22(2)32-20-24(42)21-33(23(3)4)37(32)44-35-14-7-6-13-34(35)43-41(44)31-12-9-11-26-28-18-19-29-30(39(28)46-40(26)31)17-16-27-25-10-5-8-15-36(25)45-38(27)29/h5-23H,1-4H3. The number of imidazole rings is 1. The summed E-state index contributed by atoms with van der Waals surface area (Å²) in [5.74, 6) is 0.749. The first-order valence-corrected chi connectivity index (χ1v) is 15.9. The Labute approximate surface area is 264 Å². The number of hydrogen-bond donors (Lipinski definition) is 0. The third-order valence-electron chi connectivity index (χ3n) is 9.40. The maximum absolute atomic E-state index is 15.1. The van der Waals surface area contributed by atoms with Gasteiger partial charge in [-0.3, -0.25) is 4.57 Å². The van der Waals surface area contributed by atoms with Crippen LogP contribution in [0.5, 0.6) is 0 Å². The molecule has 0 saturated heterocycles. The van der Waals surface area contributed by atoms with Gasteiger partial charge in [-0.15, -0.1) is 0 Å². The van der Waals surface area contributed by atoms with Crippen LogP contribution in [0.15, 0.2) is 112 Å². The molecule has 3 aromatic heterocycles. The quantitative estimate of drug-likeness (QED) is 0.201. The van der Waals surface area contributed by atoms with Gasteiger partial charge in [0.05, 0.1) is 22.3 Å². The predicted octanol–water partition coefficient (Wildman–Crippen LogP) is 12.0. The molecule has 0 bridgehead atoms. The average molecular weight is 603 g/mol. The van der Waals surface area contributed by atoms with E-state index in [-0.39, 0.29) is 17.7 Å². The molecule has 6 aromatic carbocycles. The summed E-state index contributed by atoms with van der Waals surface area (Å²) in [6, 6.07) is 34.5. The van der Waals surface area contributed by atoms with Gasteiger partial charge in [-0.05, 0) is 83.6 Å². The van der Waals surface area contributed by atoms with E-state index in [1.807, 2.05) is 36.4 Å². The lowest BCUT2D eigenvalue weighted by molar-refractivity contribution is 0.617. The molecule has 5 heteroatoms. The molecule has 0 atom stereocenters. The van der Waals surface area contributed by atoms with Crippen molar-refractivity contribution in [3.05, 3.63) is 120 Å². The van der Waals surface area contributed by atoms with Gasteiger partial charge in [-0.1, -0.05) is 70.2 Å². The van der Waals surface area contributed by atoms with Gasteiger partial charge in [-0.25, -0.2) is 9.37 Å². The van der Waals surface area contributed by atoms with Crippen molar-refractivity contribution >= 4 is 65.7 Å². The summed E-state index contributed by atoms with van der Waals surface area (Å²) >= 11 is 0. The Bertz CT molecular complexity index is 2640. The molecule has 0 saturated carbocycles. The number of nitrogens with zero attached hydrogens (tertiary/aromatic N) is 2. The van der Waals surface area contributed by atoms with Crippen LogP contribution in [-0.4, -0.2) is 9.55 Å². The summed E-state index contributed by atoms with van der Waals surface area (Å²) in [6.07, 6.45) is 0. The van der Waals surface area contributed by atoms with Crippen LogP contribution in [-0.2, 0) is 0 Å². The molecule has 9 aromatic rings. The Kier molecular flexibility index (Phi) is 5.73. The summed E-state index contributed by atoms with van der Waals surface area (Å²) in [6.45, 7) is 8.47. The average Bonchev–Trinajstić information content (AvgIpc) is 3.75. The van der Waals surface area contributed by atoms with E-state index in [2.05, 4.69) is 86.9 Å². The molecule has 0 unspecified atom stereocenters. The molecule has 0 aliphatic carbocycles. The minimum absolute atomic E-state index is 0.0978. The summed E-state index contributed by atoms with van der Waals surface area (Å²) in [5, 5.41) is 6.27. The fourth-order valence-electron chi connectivity index (χ4n) is 7.23. The number of para-hydroxylation sites is 4. The number of fused-ring (bicyclic) bond motifs is 10. The molecule has 3 heterocycles. The Balaban J connectivity index is 1.37. The van der Waals surface area contributed by atoms with Crippen molar-refractivity contribution in [2.75, 3.05) is 0 Å². The van der Waals surface area contributed by atoms with Crippen molar-refractivity contribution < 1.29 is 13.2 Å². The van der Waals surface area contributed by atoms with Gasteiger partial charge in [0, 0.05) is 32.3 Å². The van der Waals surface area contributed by atoms with Crippen LogP contribution in [0.2, 0.25) is 0 Å². The first kappa shape index (κ1) is 26.9. The number of benzene rings is 6. The Morgan fingerprint density at radius 1 is 0.587 bits per heavy atom. The van der Waals surface area contributed by atoms with Crippen LogP contribution in [0.3, 0.4) is 0 Å². The van der Waals surface area contributed by atoms with Crippen molar-refractivity contribution in [3.63, 3.8) is 0 Å². The maximum Gasteiger partial charge on any atom is 0.149 e. The van der Waals surface area contributed by atoms with Crippen molar-refractivity contribution in [1.82, 2.24) is 9.55 Å². The third-order valence-corrected chi connectivity index (χ3v) is 9.40. The number of rotatable bonds is 4. The minimum Gasteiger partial charge on any atom is -0.455 e. The minimum atomic E-state index is -0.216. The molecule has 0 amide bonds. The van der Waals surface area contributed by atoms with Gasteiger partial charge in [0.15, 0.2) is 0 Å². The molecule has 224 valence electrons. The SMILES string of the molecule is CC(C)c1cc(F)cc(C(C)C)c1-n1c(-c2cccc3c2oc2c3ccc3c2ccc2c4ccccc4oc23)nc2ccccc21. The summed E-state index contributed by atoms with van der Waals surface area (Å²) in [5.41, 5.74) is 8.94. The lowest BCUT2D eigenvalue weighted by Crippen LogP contribution is -2.09. The van der Waals surface area contributed by atoms with Crippen molar-refractivity contribution in [2.45, 2.75) is 39.5 Å². The molecule has 46 heavy (non-hydrogen) atoms. The van der Waals surface area contributed by atoms with Crippen LogP contribution >= 0.6 is 0 Å². The molecule has 0 fully saturated rings. The molecule has 4 nitrogen and oxygen atoms in total. The van der Waals surface area contributed by atoms with E-state index < -0.39 is 0 Å². The second-order valence-corrected chi connectivity index (χ2v) is 12.9. The van der Waals surface area contributed by atoms with Crippen molar-refractivity contribution in [3.8, 4) is 17.1 Å². The lowest BCUT2D eigenvalue weighted by atomic mass is 9.92. The first-order valence-electron chi connectivity index (χ1n) is 15.9. The zero-order chi connectivity index (χ0) is 31.3. The van der Waals surface area contributed by atoms with Gasteiger partial charge < -0.3 is 8.83 Å². The zero-order valence-electron chi connectivity index (χ0n) is 26.1. The largest absolute Gasteiger partial charge is 0.455 e. The van der Waals surface area contributed by atoms with E-state index in [1.54, 1.807) is 12.1 Å². The van der Waals surface area contributed by atoms with Gasteiger partial charge >= 0.3 is 0 Å².